The number of benzene rings is 13. The molecule has 14 aromatic rings. The molecule has 11 aliphatic carbocycles. The van der Waals surface area contributed by atoms with Gasteiger partial charge in [0.05, 0.1) is 11.0 Å². The summed E-state index contributed by atoms with van der Waals surface area (Å²) in [5.41, 5.74) is 42.2. The van der Waals surface area contributed by atoms with E-state index in [-0.39, 0.29) is 37.9 Å². The lowest BCUT2D eigenvalue weighted by Crippen LogP contribution is -2.56. The summed E-state index contributed by atoms with van der Waals surface area (Å²) in [6.07, 6.45) is 58.6. The van der Waals surface area contributed by atoms with Crippen molar-refractivity contribution >= 4 is 68.1 Å². The fourth-order valence-electron chi connectivity index (χ4n) is 32.7. The number of para-hydroxylation sites is 2. The molecule has 8 bridgehead atoms. The third-order valence-corrected chi connectivity index (χ3v) is 38.9. The van der Waals surface area contributed by atoms with E-state index in [1.165, 1.54) is 387 Å². The van der Waals surface area contributed by atoms with Crippen LogP contribution in [0.3, 0.4) is 0 Å². The molecule has 8 fully saturated rings. The van der Waals surface area contributed by atoms with Gasteiger partial charge in [0.15, 0.2) is 0 Å². The van der Waals surface area contributed by atoms with Crippen molar-refractivity contribution in [2.24, 2.45) is 23.7 Å². The number of aryl methyl sites for hydroxylation is 2. The molecule has 13 aromatic carbocycles. The van der Waals surface area contributed by atoms with Crippen molar-refractivity contribution in [2.75, 3.05) is 9.80 Å². The Kier molecular flexibility index (Phi) is 28.9. The van der Waals surface area contributed by atoms with Crippen LogP contribution in [0.15, 0.2) is 298 Å². The molecule has 8 saturated carbocycles. The average Bonchev–Trinajstić information content (AvgIpc) is 1.41. The predicted molar refractivity (Wildman–Crippen MR) is 626 cm³/mol. The van der Waals surface area contributed by atoms with Gasteiger partial charge in [-0.25, -0.2) is 0 Å². The second kappa shape index (κ2) is 42.4. The molecule has 0 spiro atoms. The van der Waals surface area contributed by atoms with Crippen LogP contribution in [-0.2, 0) is 37.9 Å². The third kappa shape index (κ3) is 18.3. The monoisotopic (exact) mass is 1920 g/mol. The Morgan fingerprint density at radius 1 is 0.260 bits per heavy atom. The zero-order valence-corrected chi connectivity index (χ0v) is 90.1. The van der Waals surface area contributed by atoms with E-state index in [0.717, 1.165) is 23.7 Å². The van der Waals surface area contributed by atoms with Crippen LogP contribution in [0.25, 0.3) is 73.0 Å². The molecule has 3 heteroatoms. The van der Waals surface area contributed by atoms with Gasteiger partial charge in [0, 0.05) is 66.8 Å². The van der Waals surface area contributed by atoms with Crippen molar-refractivity contribution in [3.8, 4) is 39.1 Å². The fourth-order valence-corrected chi connectivity index (χ4v) is 32.7. The van der Waals surface area contributed by atoms with Gasteiger partial charge in [-0.15, -0.1) is 0 Å². The molecule has 752 valence electrons. The van der Waals surface area contributed by atoms with Gasteiger partial charge in [-0.1, -0.05) is 420 Å². The van der Waals surface area contributed by atoms with Gasteiger partial charge in [0.1, 0.15) is 0 Å². The van der Waals surface area contributed by atoms with E-state index in [0.29, 0.717) is 0 Å². The van der Waals surface area contributed by atoms with E-state index in [1.807, 2.05) is 12.2 Å². The smallest absolute Gasteiger partial charge is 0.0541 e. The van der Waals surface area contributed by atoms with Crippen molar-refractivity contribution in [3.05, 3.63) is 376 Å². The number of rotatable bonds is 43. The van der Waals surface area contributed by atoms with Gasteiger partial charge in [-0.05, 0) is 372 Å². The Morgan fingerprint density at radius 3 is 0.863 bits per heavy atom. The Labute approximate surface area is 878 Å². The van der Waals surface area contributed by atoms with Crippen LogP contribution >= 0.6 is 0 Å². The van der Waals surface area contributed by atoms with Crippen molar-refractivity contribution in [1.82, 2.24) is 4.57 Å². The summed E-state index contributed by atoms with van der Waals surface area (Å²) in [7, 11) is 0. The molecule has 0 radical (unpaired) electrons. The van der Waals surface area contributed by atoms with E-state index < -0.39 is 0 Å². The van der Waals surface area contributed by atoms with Crippen LogP contribution in [0.4, 0.5) is 34.1 Å². The van der Waals surface area contributed by atoms with Crippen molar-refractivity contribution < 1.29 is 0 Å². The molecule has 25 rings (SSSR count). The highest BCUT2D eigenvalue weighted by molar-refractivity contribution is 6.09. The van der Waals surface area contributed by atoms with E-state index in [4.69, 9.17) is 0 Å². The summed E-state index contributed by atoms with van der Waals surface area (Å²) in [4.78, 5) is 5.19. The maximum absolute atomic E-state index is 4.10. The number of fused-ring (bicyclic) bond motifs is 12. The summed E-state index contributed by atoms with van der Waals surface area (Å²) < 4.78 is 2.43. The summed E-state index contributed by atoms with van der Waals surface area (Å²) in [5.74, 6) is 3.25. The Morgan fingerprint density at radius 2 is 0.527 bits per heavy atom. The van der Waals surface area contributed by atoms with E-state index in [1.54, 1.807) is 55.6 Å². The lowest BCUT2D eigenvalue weighted by atomic mass is 9.41. The molecular formula is C143H165N3. The number of hydrogen-bond acceptors (Lipinski definition) is 2. The maximum Gasteiger partial charge on any atom is 0.0541 e. The Bertz CT molecular complexity index is 6850. The first kappa shape index (κ1) is 99.4. The van der Waals surface area contributed by atoms with E-state index in [2.05, 4.69) is 368 Å². The highest BCUT2D eigenvalue weighted by atomic mass is 15.2. The number of anilines is 6. The van der Waals surface area contributed by atoms with Crippen LogP contribution < -0.4 is 9.80 Å². The van der Waals surface area contributed by atoms with Crippen LogP contribution in [0.2, 0.25) is 0 Å². The predicted octanol–water partition coefficient (Wildman–Crippen LogP) is 41.5. The number of hydrogen-bond donors (Lipinski definition) is 0. The zero-order chi connectivity index (χ0) is 99.8. The van der Waals surface area contributed by atoms with Gasteiger partial charge in [0.25, 0.3) is 0 Å². The Balaban J connectivity index is 0.000000167. The number of unbranched alkanes of at least 4 members (excludes halogenated alkanes) is 18. The minimum atomic E-state index is -0.0298. The zero-order valence-electron chi connectivity index (χ0n) is 90.1. The first-order chi connectivity index (χ1) is 71.6. The van der Waals surface area contributed by atoms with E-state index >= 15 is 0 Å². The lowest BCUT2D eigenvalue weighted by Gasteiger charge is -2.63. The number of aromatic nitrogens is 1. The quantitative estimate of drug-likeness (QED) is 0.0353. The summed E-state index contributed by atoms with van der Waals surface area (Å²) in [5, 5.41) is 2.58. The second-order valence-electron chi connectivity index (χ2n) is 48.3. The van der Waals surface area contributed by atoms with Crippen molar-refractivity contribution in [3.63, 3.8) is 0 Å². The standard InChI is InChI=1S/C75H93N.C68H72N2/c1-7-12-16-22-42-74(43-23-17-13-8-2)68-27-21-20-26-64(68)66-40-37-62(48-70(66)74)76(61-35-28-55(6)29-36-61)63-38-41-67-65-39-34-60(47-69(65)75(71(67)49-63,44-24-18-14-9-3)45-25-19-15-10-4)73-52-57-46-58(53-73)51-72(50-57,54-73)59-32-30-56(11-5)31-33-59;1-5-8-10-16-38-68(39-17-11-9-6-2)62-41-53(67-45-50-40-51(46-67)44-66(43-50,47-67)52-26-24-49(7-3)25-27-52)28-36-58(62)59-37-35-57(42-63(59)68)69(54-29-22-48(4)23-30-54)55-31-33-56(34-32-55)70-64-20-14-12-18-60(64)61-19-13-15-21-65(61)70/h11,20-21,26-41,47-49,57-58H,5,7-10,12-19,22-25,42-46,50-54H2,1-4,6H3;7,12-15,18-37,41-42,50-51H,3,5-6,8-11,16-17,38-40,43-47H2,1-2,4H3. The molecule has 0 saturated heterocycles. The first-order valence-electron chi connectivity index (χ1n) is 58.7. The normalized spacial score (nSPS) is 21.7. The van der Waals surface area contributed by atoms with Crippen LogP contribution in [-0.4, -0.2) is 4.57 Å². The third-order valence-electron chi connectivity index (χ3n) is 38.9. The van der Waals surface area contributed by atoms with Crippen molar-refractivity contribution in [2.45, 2.75) is 363 Å². The van der Waals surface area contributed by atoms with Gasteiger partial charge >= 0.3 is 0 Å². The largest absolute Gasteiger partial charge is 0.310 e. The molecule has 1 aromatic heterocycles. The lowest BCUT2D eigenvalue weighted by molar-refractivity contribution is -0.0283. The highest BCUT2D eigenvalue weighted by Gasteiger charge is 2.62. The molecular weight excluding hydrogens is 1760 g/mol. The topological polar surface area (TPSA) is 11.4 Å². The highest BCUT2D eigenvalue weighted by Crippen LogP contribution is 2.71. The molecule has 11 aliphatic rings. The molecule has 146 heavy (non-hydrogen) atoms. The fraction of sp³-hybridized carbons (Fsp3) is 0.427. The van der Waals surface area contributed by atoms with Gasteiger partial charge in [-0.3, -0.25) is 0 Å². The van der Waals surface area contributed by atoms with Crippen LogP contribution in [0.5, 0.6) is 0 Å². The molecule has 4 unspecified atom stereocenters. The molecule has 3 nitrogen and oxygen atoms in total. The molecule has 0 amide bonds. The second-order valence-corrected chi connectivity index (χ2v) is 48.3. The number of nitrogens with zero attached hydrogens (tertiary/aromatic N) is 3. The summed E-state index contributed by atoms with van der Waals surface area (Å²) in [6, 6.07) is 114. The molecule has 0 N–H and O–H groups in total. The first-order valence-corrected chi connectivity index (χ1v) is 58.7. The van der Waals surface area contributed by atoms with Crippen LogP contribution in [0.1, 0.15) is 389 Å². The van der Waals surface area contributed by atoms with Gasteiger partial charge in [-0.2, -0.15) is 0 Å². The molecule has 4 atom stereocenters. The summed E-state index contributed by atoms with van der Waals surface area (Å²) in [6.45, 7) is 26.8. The minimum absolute atomic E-state index is 0.0245. The Hall–Kier alpha value is -11.3. The molecule has 0 aliphatic heterocycles. The minimum Gasteiger partial charge on any atom is -0.310 e. The van der Waals surface area contributed by atoms with Gasteiger partial charge in [0.2, 0.25) is 0 Å². The van der Waals surface area contributed by atoms with Crippen LogP contribution in [0, 0.1) is 37.5 Å². The van der Waals surface area contributed by atoms with E-state index in [9.17, 15) is 0 Å². The van der Waals surface area contributed by atoms with Crippen molar-refractivity contribution in [1.29, 1.82) is 0 Å². The molecule has 1 heterocycles. The summed E-state index contributed by atoms with van der Waals surface area (Å²) >= 11 is 0. The average molecular weight is 1930 g/mol. The SMILES string of the molecule is C=Cc1ccc(C23CC4CC(C2)CC(c2ccc5c(c2)C(CCCCCC)(CCCCCC)c2cc(N(c6ccc(C)cc6)c6ccc(-n7c8ccccc8c8ccccc87)cc6)ccc2-5)(C4)C3)cc1.C=Cc1ccc(C23CC4CC(C2)CC(c2ccc5c(c2)C(CCCCCC)(CCCCCC)c2cc(N(c6ccc(C)cc6)c6ccc7c(c6)C(CCCCCC)(CCCCCC)c6ccccc6-7)ccc2-5)(C4)C3)cc1. The van der Waals surface area contributed by atoms with Gasteiger partial charge < -0.3 is 14.4 Å². The maximum atomic E-state index is 4.10.